The molecule has 1 aromatic rings. The Morgan fingerprint density at radius 2 is 1.95 bits per heavy atom. The second-order valence-corrected chi connectivity index (χ2v) is 4.91. The fraction of sp³-hybridized carbons (Fsp3) is 0.533. The van der Waals surface area contributed by atoms with Crippen LogP contribution in [0.4, 0.5) is 0 Å². The molecule has 0 unspecified atom stereocenters. The molecule has 4 heteroatoms. The van der Waals surface area contributed by atoms with Crippen LogP contribution in [0.1, 0.15) is 24.8 Å². The molecule has 1 saturated carbocycles. The number of benzene rings is 1. The number of halogens is 1. The van der Waals surface area contributed by atoms with Gasteiger partial charge in [-0.3, -0.25) is 4.99 Å². The van der Waals surface area contributed by atoms with Gasteiger partial charge >= 0.3 is 0 Å². The molecule has 0 aliphatic heterocycles. The van der Waals surface area contributed by atoms with Gasteiger partial charge in [0, 0.05) is 20.1 Å². The SMILES string of the molecule is CN=C(NCCCc1ccccc1)NCC1CC1.I. The van der Waals surface area contributed by atoms with E-state index in [0.717, 1.165) is 37.8 Å². The second kappa shape index (κ2) is 9.18. The summed E-state index contributed by atoms with van der Waals surface area (Å²) in [5.74, 6) is 1.82. The maximum Gasteiger partial charge on any atom is 0.190 e. The third-order valence-electron chi connectivity index (χ3n) is 3.26. The van der Waals surface area contributed by atoms with Gasteiger partial charge in [-0.2, -0.15) is 0 Å². The molecular formula is C15H24IN3. The molecule has 0 atom stereocenters. The Bertz CT molecular complexity index is 374. The minimum absolute atomic E-state index is 0. The number of nitrogens with one attached hydrogen (secondary N) is 2. The summed E-state index contributed by atoms with van der Waals surface area (Å²) in [5, 5.41) is 6.73. The third kappa shape index (κ3) is 6.80. The largest absolute Gasteiger partial charge is 0.356 e. The maximum absolute atomic E-state index is 4.23. The van der Waals surface area contributed by atoms with E-state index >= 15 is 0 Å². The van der Waals surface area contributed by atoms with Crippen LogP contribution in [-0.4, -0.2) is 26.1 Å². The molecule has 1 aliphatic rings. The Morgan fingerprint density at radius 3 is 2.58 bits per heavy atom. The highest BCUT2D eigenvalue weighted by molar-refractivity contribution is 14.0. The average molecular weight is 373 g/mol. The standard InChI is InChI=1S/C15H23N3.HI/c1-16-15(18-12-14-9-10-14)17-11-5-8-13-6-3-2-4-7-13;/h2-4,6-7,14H,5,8-12H2,1H3,(H2,16,17,18);1H. The van der Waals surface area contributed by atoms with E-state index in [9.17, 15) is 0 Å². The topological polar surface area (TPSA) is 36.4 Å². The molecule has 2 rings (SSSR count). The van der Waals surface area contributed by atoms with E-state index in [1.54, 1.807) is 0 Å². The van der Waals surface area contributed by atoms with Crippen LogP contribution in [0.2, 0.25) is 0 Å². The Labute approximate surface area is 133 Å². The normalized spacial score (nSPS) is 14.7. The Balaban J connectivity index is 0.00000180. The molecule has 19 heavy (non-hydrogen) atoms. The van der Waals surface area contributed by atoms with Crippen LogP contribution in [0.25, 0.3) is 0 Å². The zero-order chi connectivity index (χ0) is 12.6. The lowest BCUT2D eigenvalue weighted by molar-refractivity contribution is 0.714. The summed E-state index contributed by atoms with van der Waals surface area (Å²) in [6.07, 6.45) is 5.00. The van der Waals surface area contributed by atoms with Crippen molar-refractivity contribution in [2.24, 2.45) is 10.9 Å². The summed E-state index contributed by atoms with van der Waals surface area (Å²) in [6.45, 7) is 2.04. The number of nitrogens with zero attached hydrogens (tertiary/aromatic N) is 1. The lowest BCUT2D eigenvalue weighted by atomic mass is 10.1. The van der Waals surface area contributed by atoms with Crippen molar-refractivity contribution in [1.29, 1.82) is 0 Å². The number of rotatable bonds is 6. The van der Waals surface area contributed by atoms with E-state index in [1.165, 1.54) is 18.4 Å². The molecule has 3 nitrogen and oxygen atoms in total. The summed E-state index contributed by atoms with van der Waals surface area (Å²) >= 11 is 0. The van der Waals surface area contributed by atoms with Gasteiger partial charge in [-0.1, -0.05) is 30.3 Å². The number of guanidine groups is 1. The summed E-state index contributed by atoms with van der Waals surface area (Å²) < 4.78 is 0. The molecular weight excluding hydrogens is 349 g/mol. The third-order valence-corrected chi connectivity index (χ3v) is 3.26. The predicted molar refractivity (Wildman–Crippen MR) is 92.3 cm³/mol. The van der Waals surface area contributed by atoms with Crippen LogP contribution in [-0.2, 0) is 6.42 Å². The molecule has 0 amide bonds. The molecule has 0 spiro atoms. The van der Waals surface area contributed by atoms with E-state index in [4.69, 9.17) is 0 Å². The number of hydrogen-bond donors (Lipinski definition) is 2. The van der Waals surface area contributed by atoms with Crippen molar-refractivity contribution in [1.82, 2.24) is 10.6 Å². The molecule has 0 saturated heterocycles. The summed E-state index contributed by atoms with van der Waals surface area (Å²) in [6, 6.07) is 10.6. The van der Waals surface area contributed by atoms with Gasteiger partial charge in [-0.25, -0.2) is 0 Å². The van der Waals surface area contributed by atoms with Crippen LogP contribution in [0.3, 0.4) is 0 Å². The van der Waals surface area contributed by atoms with E-state index in [1.807, 2.05) is 7.05 Å². The van der Waals surface area contributed by atoms with Gasteiger partial charge in [0.1, 0.15) is 0 Å². The quantitative estimate of drug-likeness (QED) is 0.348. The highest BCUT2D eigenvalue weighted by Crippen LogP contribution is 2.27. The summed E-state index contributed by atoms with van der Waals surface area (Å²) in [4.78, 5) is 4.23. The average Bonchev–Trinajstić information content (AvgIpc) is 3.23. The highest BCUT2D eigenvalue weighted by atomic mass is 127. The van der Waals surface area contributed by atoms with Gasteiger partial charge in [0.05, 0.1) is 0 Å². The molecule has 0 heterocycles. The van der Waals surface area contributed by atoms with Gasteiger partial charge in [0.2, 0.25) is 0 Å². The van der Waals surface area contributed by atoms with E-state index in [0.29, 0.717) is 0 Å². The summed E-state index contributed by atoms with van der Waals surface area (Å²) in [5.41, 5.74) is 1.40. The van der Waals surface area contributed by atoms with Crippen LogP contribution in [0, 0.1) is 5.92 Å². The number of aryl methyl sites for hydroxylation is 1. The fourth-order valence-corrected chi connectivity index (χ4v) is 1.93. The van der Waals surface area contributed by atoms with Gasteiger partial charge in [0.15, 0.2) is 5.96 Å². The van der Waals surface area contributed by atoms with Crippen molar-refractivity contribution < 1.29 is 0 Å². The maximum atomic E-state index is 4.23. The molecule has 106 valence electrons. The zero-order valence-corrected chi connectivity index (χ0v) is 13.9. The first-order valence-corrected chi connectivity index (χ1v) is 6.87. The Kier molecular flexibility index (Phi) is 7.86. The van der Waals surface area contributed by atoms with Crippen molar-refractivity contribution in [3.8, 4) is 0 Å². The predicted octanol–water partition coefficient (Wildman–Crippen LogP) is 2.81. The van der Waals surface area contributed by atoms with Crippen LogP contribution < -0.4 is 10.6 Å². The first-order chi connectivity index (χ1) is 8.88. The molecule has 0 bridgehead atoms. The fourth-order valence-electron chi connectivity index (χ4n) is 1.93. The van der Waals surface area contributed by atoms with Gasteiger partial charge in [-0.15, -0.1) is 24.0 Å². The molecule has 0 aromatic heterocycles. The number of hydrogen-bond acceptors (Lipinski definition) is 1. The second-order valence-electron chi connectivity index (χ2n) is 4.91. The van der Waals surface area contributed by atoms with Crippen LogP contribution in [0.15, 0.2) is 35.3 Å². The van der Waals surface area contributed by atoms with Gasteiger partial charge < -0.3 is 10.6 Å². The smallest absolute Gasteiger partial charge is 0.190 e. The van der Waals surface area contributed by atoms with Gasteiger partial charge in [-0.05, 0) is 37.2 Å². The minimum Gasteiger partial charge on any atom is -0.356 e. The molecule has 0 radical (unpaired) electrons. The van der Waals surface area contributed by atoms with Gasteiger partial charge in [0.25, 0.3) is 0 Å². The van der Waals surface area contributed by atoms with Crippen molar-refractivity contribution in [2.45, 2.75) is 25.7 Å². The highest BCUT2D eigenvalue weighted by Gasteiger charge is 2.20. The summed E-state index contributed by atoms with van der Waals surface area (Å²) in [7, 11) is 1.83. The molecule has 1 fully saturated rings. The van der Waals surface area contributed by atoms with Crippen LogP contribution >= 0.6 is 24.0 Å². The lowest BCUT2D eigenvalue weighted by Gasteiger charge is -2.11. The molecule has 1 aliphatic carbocycles. The molecule has 2 N–H and O–H groups in total. The first kappa shape index (κ1) is 16.3. The minimum atomic E-state index is 0. The lowest BCUT2D eigenvalue weighted by Crippen LogP contribution is -2.38. The Hall–Kier alpha value is -0.780. The van der Waals surface area contributed by atoms with E-state index < -0.39 is 0 Å². The van der Waals surface area contributed by atoms with E-state index in [2.05, 4.69) is 46.0 Å². The van der Waals surface area contributed by atoms with Crippen LogP contribution in [0.5, 0.6) is 0 Å². The van der Waals surface area contributed by atoms with Crippen molar-refractivity contribution in [2.75, 3.05) is 20.1 Å². The zero-order valence-electron chi connectivity index (χ0n) is 11.6. The van der Waals surface area contributed by atoms with Crippen molar-refractivity contribution >= 4 is 29.9 Å². The Morgan fingerprint density at radius 1 is 1.21 bits per heavy atom. The monoisotopic (exact) mass is 373 g/mol. The van der Waals surface area contributed by atoms with E-state index in [-0.39, 0.29) is 24.0 Å². The number of aliphatic imine (C=N–C) groups is 1. The molecule has 1 aromatic carbocycles. The van der Waals surface area contributed by atoms with Crippen molar-refractivity contribution in [3.63, 3.8) is 0 Å². The first-order valence-electron chi connectivity index (χ1n) is 6.87. The van der Waals surface area contributed by atoms with Crippen molar-refractivity contribution in [3.05, 3.63) is 35.9 Å².